The van der Waals surface area contributed by atoms with Crippen LogP contribution in [0.25, 0.3) is 0 Å². The fourth-order valence-electron chi connectivity index (χ4n) is 4.28. The lowest BCUT2D eigenvalue weighted by Crippen LogP contribution is -2.16. The van der Waals surface area contributed by atoms with Gasteiger partial charge in [-0.3, -0.25) is 0 Å². The van der Waals surface area contributed by atoms with Crippen LogP contribution >= 0.6 is 31.9 Å². The van der Waals surface area contributed by atoms with Gasteiger partial charge in [-0.25, -0.2) is 0 Å². The van der Waals surface area contributed by atoms with Crippen LogP contribution in [-0.2, 0) is 4.74 Å². The number of ether oxygens (including phenoxy) is 1. The molecule has 4 unspecified atom stereocenters. The smallest absolute Gasteiger partial charge is 0.109 e. The van der Waals surface area contributed by atoms with Gasteiger partial charge in [0.15, 0.2) is 0 Å². The van der Waals surface area contributed by atoms with Gasteiger partial charge in [-0.05, 0) is 47.2 Å². The summed E-state index contributed by atoms with van der Waals surface area (Å²) in [7, 11) is 0. The van der Waals surface area contributed by atoms with Gasteiger partial charge < -0.3 is 4.74 Å². The quantitative estimate of drug-likeness (QED) is 0.194. The highest BCUT2D eigenvalue weighted by Gasteiger charge is 2.27. The van der Waals surface area contributed by atoms with Gasteiger partial charge in [-0.2, -0.15) is 0 Å². The van der Waals surface area contributed by atoms with Crippen molar-refractivity contribution in [1.29, 1.82) is 0 Å². The molecule has 0 radical (unpaired) electrons. The van der Waals surface area contributed by atoms with E-state index in [1.165, 1.54) is 22.3 Å². The standard InChI is InChI=1S/C30H28Br2O/c1-21(31)25-17-9-11-19-27(25)29(23-13-5-3-6-14-23)33-30(24-15-7-4-8-16-24)28-20-12-10-18-26(28)22(2)32/h3-22,29-30H,1-2H3. The van der Waals surface area contributed by atoms with E-state index in [1.807, 2.05) is 0 Å². The van der Waals surface area contributed by atoms with Crippen LogP contribution in [-0.4, -0.2) is 0 Å². The molecule has 4 rings (SSSR count). The number of hydrogen-bond donors (Lipinski definition) is 0. The minimum Gasteiger partial charge on any atom is -0.356 e. The van der Waals surface area contributed by atoms with Gasteiger partial charge in [-0.1, -0.05) is 141 Å². The first-order valence-corrected chi connectivity index (χ1v) is 13.1. The number of benzene rings is 4. The van der Waals surface area contributed by atoms with Crippen molar-refractivity contribution in [1.82, 2.24) is 0 Å². The molecule has 0 saturated carbocycles. The monoisotopic (exact) mass is 562 g/mol. The Labute approximate surface area is 214 Å². The van der Waals surface area contributed by atoms with Crippen molar-refractivity contribution in [2.75, 3.05) is 0 Å². The second-order valence-electron chi connectivity index (χ2n) is 8.21. The summed E-state index contributed by atoms with van der Waals surface area (Å²) in [5, 5.41) is 0. The molecule has 1 nitrogen and oxygen atoms in total. The average molecular weight is 564 g/mol. The minimum absolute atomic E-state index is 0.216. The summed E-state index contributed by atoms with van der Waals surface area (Å²) < 4.78 is 7.13. The molecule has 0 bridgehead atoms. The van der Waals surface area contributed by atoms with Crippen LogP contribution in [0.3, 0.4) is 0 Å². The molecule has 0 aliphatic carbocycles. The van der Waals surface area contributed by atoms with E-state index in [0.717, 1.165) is 11.1 Å². The zero-order chi connectivity index (χ0) is 23.2. The Morgan fingerprint density at radius 1 is 0.455 bits per heavy atom. The number of rotatable bonds is 8. The van der Waals surface area contributed by atoms with Gasteiger partial charge in [-0.15, -0.1) is 0 Å². The lowest BCUT2D eigenvalue weighted by Gasteiger charge is -2.30. The van der Waals surface area contributed by atoms with E-state index < -0.39 is 0 Å². The van der Waals surface area contributed by atoms with Crippen molar-refractivity contribution < 1.29 is 4.74 Å². The third-order valence-electron chi connectivity index (χ3n) is 5.89. The number of halogens is 2. The molecule has 168 valence electrons. The first-order valence-electron chi connectivity index (χ1n) is 11.3. The molecule has 33 heavy (non-hydrogen) atoms. The van der Waals surface area contributed by atoms with Crippen LogP contribution in [0.4, 0.5) is 0 Å². The molecular formula is C30H28Br2O. The van der Waals surface area contributed by atoms with E-state index in [2.05, 4.69) is 155 Å². The molecule has 0 aromatic heterocycles. The van der Waals surface area contributed by atoms with Gasteiger partial charge in [0.2, 0.25) is 0 Å². The molecule has 0 heterocycles. The van der Waals surface area contributed by atoms with Gasteiger partial charge in [0, 0.05) is 9.65 Å². The highest BCUT2D eigenvalue weighted by Crippen LogP contribution is 2.41. The minimum atomic E-state index is -0.216. The average Bonchev–Trinajstić information content (AvgIpc) is 2.86. The lowest BCUT2D eigenvalue weighted by molar-refractivity contribution is 0.0299. The van der Waals surface area contributed by atoms with Gasteiger partial charge >= 0.3 is 0 Å². The molecule has 0 aliphatic rings. The van der Waals surface area contributed by atoms with Crippen molar-refractivity contribution in [3.05, 3.63) is 143 Å². The zero-order valence-corrected chi connectivity index (χ0v) is 22.0. The van der Waals surface area contributed by atoms with Gasteiger partial charge in [0.05, 0.1) is 0 Å². The van der Waals surface area contributed by atoms with Crippen LogP contribution in [0.15, 0.2) is 109 Å². The van der Waals surface area contributed by atoms with Crippen molar-refractivity contribution >= 4 is 31.9 Å². The number of hydrogen-bond acceptors (Lipinski definition) is 1. The topological polar surface area (TPSA) is 9.23 Å². The second-order valence-corrected chi connectivity index (χ2v) is 11.0. The molecule has 0 amide bonds. The van der Waals surface area contributed by atoms with Crippen LogP contribution in [0.2, 0.25) is 0 Å². The normalized spacial score (nSPS) is 14.9. The van der Waals surface area contributed by atoms with Crippen LogP contribution in [0, 0.1) is 0 Å². The maximum atomic E-state index is 7.13. The summed E-state index contributed by atoms with van der Waals surface area (Å²) >= 11 is 7.60. The van der Waals surface area contributed by atoms with Crippen LogP contribution in [0.5, 0.6) is 0 Å². The van der Waals surface area contributed by atoms with Gasteiger partial charge in [0.25, 0.3) is 0 Å². The summed E-state index contributed by atoms with van der Waals surface area (Å²) in [5.74, 6) is 0. The maximum absolute atomic E-state index is 7.13. The molecule has 0 saturated heterocycles. The zero-order valence-electron chi connectivity index (χ0n) is 18.9. The van der Waals surface area contributed by atoms with E-state index in [0.29, 0.717) is 0 Å². The molecule has 4 aromatic rings. The maximum Gasteiger partial charge on any atom is 0.109 e. The first kappa shape index (κ1) is 23.9. The first-order chi connectivity index (χ1) is 16.1. The molecule has 4 atom stereocenters. The summed E-state index contributed by atoms with van der Waals surface area (Å²) in [6, 6.07) is 38.2. The Morgan fingerprint density at radius 3 is 1.09 bits per heavy atom. The van der Waals surface area contributed by atoms with Crippen LogP contribution in [0.1, 0.15) is 69.1 Å². The van der Waals surface area contributed by atoms with Crippen molar-refractivity contribution in [3.63, 3.8) is 0 Å². The molecule has 4 aromatic carbocycles. The van der Waals surface area contributed by atoms with E-state index in [1.54, 1.807) is 0 Å². The Hall–Kier alpha value is -2.20. The molecule has 0 aliphatic heterocycles. The fraction of sp³-hybridized carbons (Fsp3) is 0.200. The third-order valence-corrected chi connectivity index (χ3v) is 6.88. The fourth-order valence-corrected chi connectivity index (χ4v) is 5.11. The Bertz CT molecular complexity index is 1060. The molecule has 3 heteroatoms. The van der Waals surface area contributed by atoms with Gasteiger partial charge in [0.1, 0.15) is 12.2 Å². The van der Waals surface area contributed by atoms with E-state index >= 15 is 0 Å². The molecule has 0 N–H and O–H groups in total. The Kier molecular flexibility index (Phi) is 8.19. The highest BCUT2D eigenvalue weighted by atomic mass is 79.9. The SMILES string of the molecule is CC(Br)c1ccccc1C(OC(c1ccccc1)c1ccccc1C(C)Br)c1ccccc1. The Balaban J connectivity index is 1.88. The number of alkyl halides is 2. The highest BCUT2D eigenvalue weighted by molar-refractivity contribution is 9.09. The van der Waals surface area contributed by atoms with E-state index in [-0.39, 0.29) is 21.9 Å². The Morgan fingerprint density at radius 2 is 0.758 bits per heavy atom. The van der Waals surface area contributed by atoms with E-state index in [4.69, 9.17) is 4.74 Å². The summed E-state index contributed by atoms with van der Waals surface area (Å²) in [6.45, 7) is 4.33. The lowest BCUT2D eigenvalue weighted by atomic mass is 9.92. The molecular weight excluding hydrogens is 536 g/mol. The van der Waals surface area contributed by atoms with E-state index in [9.17, 15) is 0 Å². The predicted octanol–water partition coefficient (Wildman–Crippen LogP) is 9.49. The van der Waals surface area contributed by atoms with Crippen molar-refractivity contribution in [3.8, 4) is 0 Å². The predicted molar refractivity (Wildman–Crippen MR) is 145 cm³/mol. The summed E-state index contributed by atoms with van der Waals surface area (Å²) in [4.78, 5) is 0.432. The van der Waals surface area contributed by atoms with Crippen LogP contribution < -0.4 is 0 Å². The third kappa shape index (κ3) is 5.66. The van der Waals surface area contributed by atoms with Crippen molar-refractivity contribution in [2.45, 2.75) is 35.7 Å². The summed E-state index contributed by atoms with van der Waals surface area (Å²) in [5.41, 5.74) is 7.11. The largest absolute Gasteiger partial charge is 0.356 e. The molecule has 0 fully saturated rings. The second kappa shape index (κ2) is 11.3. The van der Waals surface area contributed by atoms with Crippen molar-refractivity contribution in [2.24, 2.45) is 0 Å². The molecule has 0 spiro atoms. The summed E-state index contributed by atoms with van der Waals surface area (Å²) in [6.07, 6.45) is -0.433.